The molecule has 0 spiro atoms. The Labute approximate surface area is 191 Å². The largest absolute Gasteiger partial charge is 0.439 e. The Morgan fingerprint density at radius 2 is 1.57 bits per heavy atom. The first-order valence-corrected chi connectivity index (χ1v) is 10.2. The minimum Gasteiger partial charge on any atom is -0.439 e. The summed E-state index contributed by atoms with van der Waals surface area (Å²) in [7, 11) is 0. The van der Waals surface area contributed by atoms with Gasteiger partial charge in [-0.2, -0.15) is 0 Å². The molecular formula is C17H12Cl6N4O. The van der Waals surface area contributed by atoms with E-state index in [1.54, 1.807) is 18.2 Å². The highest BCUT2D eigenvalue weighted by Gasteiger charge is 2.33. The molecular weight excluding hydrogens is 489 g/mol. The predicted molar refractivity (Wildman–Crippen MR) is 116 cm³/mol. The van der Waals surface area contributed by atoms with Crippen LogP contribution in [0.1, 0.15) is 24.4 Å². The van der Waals surface area contributed by atoms with E-state index in [2.05, 4.69) is 15.0 Å². The van der Waals surface area contributed by atoms with Gasteiger partial charge in [0.2, 0.25) is 13.5 Å². The van der Waals surface area contributed by atoms with Gasteiger partial charge in [-0.05, 0) is 31.2 Å². The van der Waals surface area contributed by atoms with Gasteiger partial charge in [0.05, 0.1) is 5.69 Å². The number of allylic oxidation sites excluding steroid dienone is 2. The molecule has 2 aromatic rings. The van der Waals surface area contributed by atoms with Crippen LogP contribution in [-0.4, -0.2) is 21.5 Å². The second-order valence-corrected chi connectivity index (χ2v) is 10.1. The van der Waals surface area contributed by atoms with E-state index in [0.29, 0.717) is 5.88 Å². The average Bonchev–Trinajstić information content (AvgIpc) is 2.97. The van der Waals surface area contributed by atoms with Crippen molar-refractivity contribution in [3.05, 3.63) is 59.8 Å². The quantitative estimate of drug-likeness (QED) is 0.463. The molecule has 28 heavy (non-hydrogen) atoms. The fourth-order valence-corrected chi connectivity index (χ4v) is 2.95. The molecule has 0 bridgehead atoms. The monoisotopic (exact) mass is 498 g/mol. The molecule has 0 aliphatic carbocycles. The molecule has 1 aromatic heterocycles. The fourth-order valence-electron chi connectivity index (χ4n) is 2.44. The van der Waals surface area contributed by atoms with Crippen molar-refractivity contribution in [3.8, 4) is 5.75 Å². The van der Waals surface area contributed by atoms with Crippen LogP contribution in [-0.2, 0) is 7.59 Å². The van der Waals surface area contributed by atoms with Gasteiger partial charge < -0.3 is 9.64 Å². The molecule has 0 saturated carbocycles. The molecule has 1 aliphatic heterocycles. The summed E-state index contributed by atoms with van der Waals surface area (Å²) in [5.74, 6) is 1.29. The first kappa shape index (κ1) is 21.8. The van der Waals surface area contributed by atoms with Crippen molar-refractivity contribution >= 4 is 81.4 Å². The third kappa shape index (κ3) is 4.96. The van der Waals surface area contributed by atoms with Crippen LogP contribution in [0.2, 0.25) is 0 Å². The van der Waals surface area contributed by atoms with E-state index in [0.717, 1.165) is 18.0 Å². The number of rotatable bonds is 3. The number of hydrogen-bond donors (Lipinski definition) is 0. The zero-order valence-electron chi connectivity index (χ0n) is 14.2. The Balaban J connectivity index is 1.91. The van der Waals surface area contributed by atoms with Crippen LogP contribution in [0.15, 0.2) is 42.3 Å². The third-order valence-corrected chi connectivity index (χ3v) is 4.61. The summed E-state index contributed by atoms with van der Waals surface area (Å²) in [4.78, 5) is 14.1. The first-order valence-electron chi connectivity index (χ1n) is 7.93. The molecule has 3 rings (SSSR count). The molecule has 0 amide bonds. The Kier molecular flexibility index (Phi) is 6.54. The van der Waals surface area contributed by atoms with Crippen molar-refractivity contribution in [2.75, 3.05) is 11.4 Å². The smallest absolute Gasteiger partial charge is 0.250 e. The highest BCUT2D eigenvalue weighted by molar-refractivity contribution is 6.67. The van der Waals surface area contributed by atoms with Crippen molar-refractivity contribution < 1.29 is 4.74 Å². The highest BCUT2D eigenvalue weighted by Crippen LogP contribution is 2.40. The number of alkyl halides is 6. The van der Waals surface area contributed by atoms with Crippen LogP contribution in [0.5, 0.6) is 5.75 Å². The van der Waals surface area contributed by atoms with Gasteiger partial charge in [0.25, 0.3) is 0 Å². The molecule has 0 unspecified atom stereocenters. The molecule has 148 valence electrons. The molecule has 0 fully saturated rings. The Bertz CT molecular complexity index is 904. The Hall–Kier alpha value is -0.950. The van der Waals surface area contributed by atoms with E-state index < -0.39 is 7.59 Å². The number of benzene rings is 1. The molecule has 0 N–H and O–H groups in total. The second-order valence-electron chi connectivity index (χ2n) is 5.51. The number of fused-ring (bicyclic) bond motifs is 1. The van der Waals surface area contributed by atoms with Crippen LogP contribution < -0.4 is 9.64 Å². The summed E-state index contributed by atoms with van der Waals surface area (Å²) < 4.78 is 2.06. The minimum absolute atomic E-state index is 0.152. The molecule has 1 aromatic carbocycles. The van der Waals surface area contributed by atoms with E-state index in [1.165, 1.54) is 0 Å². The molecule has 2 heterocycles. The zero-order valence-corrected chi connectivity index (χ0v) is 18.7. The lowest BCUT2D eigenvalue weighted by molar-refractivity contribution is 0.440. The van der Waals surface area contributed by atoms with E-state index in [9.17, 15) is 0 Å². The van der Waals surface area contributed by atoms with Crippen LogP contribution in [0.25, 0.3) is 6.08 Å². The van der Waals surface area contributed by atoms with E-state index >= 15 is 0 Å². The van der Waals surface area contributed by atoms with Gasteiger partial charge in [-0.25, -0.2) is 15.0 Å². The van der Waals surface area contributed by atoms with Gasteiger partial charge in [-0.15, -0.1) is 0 Å². The molecule has 0 atom stereocenters. The van der Waals surface area contributed by atoms with E-state index in [4.69, 9.17) is 74.3 Å². The van der Waals surface area contributed by atoms with Crippen molar-refractivity contribution in [1.29, 1.82) is 0 Å². The number of ether oxygens (including phenoxy) is 1. The average molecular weight is 501 g/mol. The first-order chi connectivity index (χ1) is 13.1. The number of anilines is 1. The summed E-state index contributed by atoms with van der Waals surface area (Å²) in [6.07, 6.45) is 5.01. The van der Waals surface area contributed by atoms with Crippen molar-refractivity contribution in [3.63, 3.8) is 0 Å². The summed E-state index contributed by atoms with van der Waals surface area (Å²) in [5, 5.41) is 0. The van der Waals surface area contributed by atoms with E-state index in [1.807, 2.05) is 36.1 Å². The maximum atomic E-state index is 5.87. The number of para-hydroxylation sites is 2. The van der Waals surface area contributed by atoms with Crippen LogP contribution in [0.4, 0.5) is 5.69 Å². The Morgan fingerprint density at radius 1 is 0.964 bits per heavy atom. The van der Waals surface area contributed by atoms with Crippen molar-refractivity contribution in [1.82, 2.24) is 15.0 Å². The van der Waals surface area contributed by atoms with E-state index in [-0.39, 0.29) is 17.5 Å². The molecule has 0 saturated heterocycles. The van der Waals surface area contributed by atoms with Crippen LogP contribution in [0.3, 0.4) is 0 Å². The summed E-state index contributed by atoms with van der Waals surface area (Å²) in [6.45, 7) is 2.76. The van der Waals surface area contributed by atoms with Crippen molar-refractivity contribution in [2.45, 2.75) is 14.5 Å². The predicted octanol–water partition coefficient (Wildman–Crippen LogP) is 6.30. The van der Waals surface area contributed by atoms with Crippen molar-refractivity contribution in [2.24, 2.45) is 0 Å². The molecule has 5 nitrogen and oxygen atoms in total. The molecule has 1 aliphatic rings. The van der Waals surface area contributed by atoms with Gasteiger partial charge in [0.1, 0.15) is 0 Å². The van der Waals surface area contributed by atoms with Gasteiger partial charge in [-0.3, -0.25) is 0 Å². The molecule has 0 radical (unpaired) electrons. The zero-order chi connectivity index (χ0) is 20.5. The van der Waals surface area contributed by atoms with Gasteiger partial charge in [0, 0.05) is 6.54 Å². The number of hydrogen-bond acceptors (Lipinski definition) is 5. The lowest BCUT2D eigenvalue weighted by Gasteiger charge is -2.15. The van der Waals surface area contributed by atoms with Crippen LogP contribution >= 0.6 is 69.6 Å². The maximum Gasteiger partial charge on any atom is 0.250 e. The summed E-state index contributed by atoms with van der Waals surface area (Å²) in [6, 6.07) is 7.74. The maximum absolute atomic E-state index is 5.87. The fraction of sp³-hybridized carbons (Fsp3) is 0.235. The lowest BCUT2D eigenvalue weighted by Crippen LogP contribution is -2.19. The number of nitrogens with zero attached hydrogens (tertiary/aromatic N) is 4. The lowest BCUT2D eigenvalue weighted by atomic mass is 10.3. The summed E-state index contributed by atoms with van der Waals surface area (Å²) >= 11 is 35.2. The Morgan fingerprint density at radius 3 is 2.14 bits per heavy atom. The number of aromatic nitrogens is 3. The van der Waals surface area contributed by atoms with Crippen LogP contribution in [0, 0.1) is 0 Å². The molecule has 11 heteroatoms. The summed E-state index contributed by atoms with van der Waals surface area (Å²) in [5.41, 5.74) is 0.988. The normalized spacial score (nSPS) is 16.0. The SMILES string of the molecule is CCN1C(=CC=Cc2nc(C(Cl)(Cl)Cl)nc(C(Cl)(Cl)Cl)n2)Oc2ccccc21. The second kappa shape index (κ2) is 8.42. The van der Waals surface area contributed by atoms with Gasteiger partial charge >= 0.3 is 0 Å². The highest BCUT2D eigenvalue weighted by atomic mass is 35.6. The number of halogens is 6. The third-order valence-electron chi connectivity index (χ3n) is 3.60. The topological polar surface area (TPSA) is 51.1 Å². The minimum atomic E-state index is -1.90. The van der Waals surface area contributed by atoms with Gasteiger partial charge in [-0.1, -0.05) is 87.8 Å². The standard InChI is InChI=1S/C17H12Cl6N4O/c1-2-27-10-6-3-4-7-11(10)28-13(27)9-5-8-12-24-14(16(18,19)20)26-15(25-12)17(21,22)23/h3-9H,2H2,1H3. The van der Waals surface area contributed by atoms with Gasteiger partial charge in [0.15, 0.2) is 23.2 Å².